The van der Waals surface area contributed by atoms with Crippen molar-refractivity contribution in [2.24, 2.45) is 16.8 Å². The van der Waals surface area contributed by atoms with Crippen LogP contribution in [0.15, 0.2) is 29.4 Å². The maximum Gasteiger partial charge on any atom is 0.170 e. The lowest BCUT2D eigenvalue weighted by molar-refractivity contribution is 0.318. The van der Waals surface area contributed by atoms with Gasteiger partial charge in [-0.25, -0.2) is 0 Å². The molecule has 4 nitrogen and oxygen atoms in total. The molecule has 0 aliphatic carbocycles. The first kappa shape index (κ1) is 13.5. The lowest BCUT2D eigenvalue weighted by Gasteiger charge is -2.07. The summed E-state index contributed by atoms with van der Waals surface area (Å²) in [6.45, 7) is 6.31. The Kier molecular flexibility index (Phi) is 5.49. The third-order valence-electron chi connectivity index (χ3n) is 2.59. The summed E-state index contributed by atoms with van der Waals surface area (Å²) >= 11 is 0. The largest absolute Gasteiger partial charge is 0.409 e. The minimum atomic E-state index is 0.143. The van der Waals surface area contributed by atoms with E-state index in [1.807, 2.05) is 24.3 Å². The molecule has 0 saturated carbocycles. The molecular weight excluding hydrogens is 214 g/mol. The van der Waals surface area contributed by atoms with Crippen LogP contribution in [0.1, 0.15) is 31.4 Å². The van der Waals surface area contributed by atoms with Crippen molar-refractivity contribution in [2.75, 3.05) is 6.54 Å². The monoisotopic (exact) mass is 235 g/mol. The minimum Gasteiger partial charge on any atom is -0.409 e. The molecule has 0 aliphatic heterocycles. The highest BCUT2D eigenvalue weighted by Gasteiger charge is 1.99. The molecule has 0 radical (unpaired) electrons. The van der Waals surface area contributed by atoms with Gasteiger partial charge in [0.1, 0.15) is 0 Å². The van der Waals surface area contributed by atoms with Gasteiger partial charge < -0.3 is 16.3 Å². The lowest BCUT2D eigenvalue weighted by atomic mass is 10.1. The highest BCUT2D eigenvalue weighted by atomic mass is 16.4. The summed E-state index contributed by atoms with van der Waals surface area (Å²) in [5.74, 6) is 0.870. The van der Waals surface area contributed by atoms with E-state index in [0.29, 0.717) is 0 Å². The van der Waals surface area contributed by atoms with E-state index in [4.69, 9.17) is 10.9 Å². The molecule has 0 unspecified atom stereocenters. The van der Waals surface area contributed by atoms with Crippen LogP contribution in [0.2, 0.25) is 0 Å². The molecule has 0 saturated heterocycles. The van der Waals surface area contributed by atoms with E-state index in [9.17, 15) is 0 Å². The van der Waals surface area contributed by atoms with Gasteiger partial charge in [0.15, 0.2) is 5.84 Å². The van der Waals surface area contributed by atoms with E-state index >= 15 is 0 Å². The van der Waals surface area contributed by atoms with E-state index in [-0.39, 0.29) is 5.84 Å². The molecule has 0 atom stereocenters. The second-order valence-electron chi connectivity index (χ2n) is 4.54. The van der Waals surface area contributed by atoms with Crippen LogP contribution < -0.4 is 11.1 Å². The Balaban J connectivity index is 2.41. The van der Waals surface area contributed by atoms with Crippen molar-refractivity contribution in [1.82, 2.24) is 5.32 Å². The minimum absolute atomic E-state index is 0.143. The molecule has 0 amide bonds. The second-order valence-corrected chi connectivity index (χ2v) is 4.54. The van der Waals surface area contributed by atoms with Crippen LogP contribution >= 0.6 is 0 Å². The summed E-state index contributed by atoms with van der Waals surface area (Å²) < 4.78 is 0. The summed E-state index contributed by atoms with van der Waals surface area (Å²) in [4.78, 5) is 0. The van der Waals surface area contributed by atoms with Crippen LogP contribution in [-0.4, -0.2) is 17.6 Å². The summed E-state index contributed by atoms with van der Waals surface area (Å²) in [5, 5.41) is 14.9. The van der Waals surface area contributed by atoms with Gasteiger partial charge >= 0.3 is 0 Å². The molecular formula is C13H21N3O. The predicted molar refractivity (Wildman–Crippen MR) is 70.1 cm³/mol. The molecule has 1 aromatic rings. The summed E-state index contributed by atoms with van der Waals surface area (Å²) in [6, 6.07) is 7.68. The van der Waals surface area contributed by atoms with Gasteiger partial charge in [-0.3, -0.25) is 0 Å². The van der Waals surface area contributed by atoms with Gasteiger partial charge in [-0.2, -0.15) is 0 Å². The third-order valence-corrected chi connectivity index (χ3v) is 2.59. The zero-order chi connectivity index (χ0) is 12.7. The molecule has 1 aromatic carbocycles. The third kappa shape index (κ3) is 4.87. The van der Waals surface area contributed by atoms with E-state index in [0.717, 1.165) is 24.6 Å². The number of amidine groups is 1. The van der Waals surface area contributed by atoms with Gasteiger partial charge in [0.25, 0.3) is 0 Å². The summed E-state index contributed by atoms with van der Waals surface area (Å²) in [7, 11) is 0. The topological polar surface area (TPSA) is 70.6 Å². The van der Waals surface area contributed by atoms with Crippen molar-refractivity contribution in [3.63, 3.8) is 0 Å². The highest BCUT2D eigenvalue weighted by Crippen LogP contribution is 2.04. The molecule has 0 spiro atoms. The SMILES string of the molecule is CC(C)CCNCc1ccc(C(N)=NO)cc1. The molecule has 17 heavy (non-hydrogen) atoms. The number of nitrogens with two attached hydrogens (primary N) is 1. The van der Waals surface area contributed by atoms with Crippen LogP contribution in [0.4, 0.5) is 0 Å². The van der Waals surface area contributed by atoms with Crippen LogP contribution in [0.3, 0.4) is 0 Å². The highest BCUT2D eigenvalue weighted by molar-refractivity contribution is 5.96. The van der Waals surface area contributed by atoms with Gasteiger partial charge in [-0.05, 0) is 24.4 Å². The lowest BCUT2D eigenvalue weighted by Crippen LogP contribution is -2.17. The quantitative estimate of drug-likeness (QED) is 0.232. The molecule has 4 N–H and O–H groups in total. The summed E-state index contributed by atoms with van der Waals surface area (Å²) in [6.07, 6.45) is 1.18. The van der Waals surface area contributed by atoms with Crippen molar-refractivity contribution < 1.29 is 5.21 Å². The fraction of sp³-hybridized carbons (Fsp3) is 0.462. The Labute approximate surface area is 103 Å². The Morgan fingerprint density at radius 3 is 2.53 bits per heavy atom. The van der Waals surface area contributed by atoms with Crippen LogP contribution in [0.25, 0.3) is 0 Å². The van der Waals surface area contributed by atoms with Gasteiger partial charge in [-0.1, -0.05) is 43.3 Å². The van der Waals surface area contributed by atoms with Gasteiger partial charge in [0.05, 0.1) is 0 Å². The van der Waals surface area contributed by atoms with Crippen molar-refractivity contribution in [2.45, 2.75) is 26.8 Å². The van der Waals surface area contributed by atoms with E-state index in [1.165, 1.54) is 12.0 Å². The molecule has 94 valence electrons. The van der Waals surface area contributed by atoms with Crippen LogP contribution in [0.5, 0.6) is 0 Å². The summed E-state index contributed by atoms with van der Waals surface area (Å²) in [5.41, 5.74) is 7.42. The molecule has 0 heterocycles. The molecule has 0 aromatic heterocycles. The van der Waals surface area contributed by atoms with Crippen LogP contribution in [-0.2, 0) is 6.54 Å². The van der Waals surface area contributed by atoms with Crippen LogP contribution in [0, 0.1) is 5.92 Å². The number of benzene rings is 1. The fourth-order valence-corrected chi connectivity index (χ4v) is 1.47. The number of nitrogens with one attached hydrogen (secondary N) is 1. The van der Waals surface area contributed by atoms with Gasteiger partial charge in [-0.15, -0.1) is 0 Å². The van der Waals surface area contributed by atoms with E-state index < -0.39 is 0 Å². The normalized spacial score (nSPS) is 12.1. The molecule has 0 bridgehead atoms. The first-order chi connectivity index (χ1) is 8.13. The maximum atomic E-state index is 8.53. The molecule has 0 aliphatic rings. The van der Waals surface area contributed by atoms with Gasteiger partial charge in [0.2, 0.25) is 0 Å². The Morgan fingerprint density at radius 1 is 1.35 bits per heavy atom. The molecule has 0 fully saturated rings. The predicted octanol–water partition coefficient (Wildman–Crippen LogP) is 1.92. The fourth-order valence-electron chi connectivity index (χ4n) is 1.47. The standard InChI is InChI=1S/C13H21N3O/c1-10(2)7-8-15-9-11-3-5-12(6-4-11)13(14)16-17/h3-6,10,15,17H,7-9H2,1-2H3,(H2,14,16). The molecule has 1 rings (SSSR count). The number of oxime groups is 1. The second kappa shape index (κ2) is 6.91. The number of nitrogens with zero attached hydrogens (tertiary/aromatic N) is 1. The first-order valence-corrected chi connectivity index (χ1v) is 5.91. The average Bonchev–Trinajstić information content (AvgIpc) is 2.34. The van der Waals surface area contributed by atoms with Crippen molar-refractivity contribution in [3.05, 3.63) is 35.4 Å². The molecule has 4 heteroatoms. The zero-order valence-electron chi connectivity index (χ0n) is 10.5. The van der Waals surface area contributed by atoms with Crippen molar-refractivity contribution in [1.29, 1.82) is 0 Å². The Hall–Kier alpha value is -1.55. The smallest absolute Gasteiger partial charge is 0.170 e. The Bertz CT molecular complexity index is 357. The maximum absolute atomic E-state index is 8.53. The average molecular weight is 235 g/mol. The van der Waals surface area contributed by atoms with Gasteiger partial charge in [0, 0.05) is 12.1 Å². The van der Waals surface area contributed by atoms with Crippen molar-refractivity contribution in [3.8, 4) is 0 Å². The first-order valence-electron chi connectivity index (χ1n) is 5.91. The zero-order valence-corrected chi connectivity index (χ0v) is 10.5. The van der Waals surface area contributed by atoms with E-state index in [1.54, 1.807) is 0 Å². The Morgan fingerprint density at radius 2 is 2.00 bits per heavy atom. The van der Waals surface area contributed by atoms with E-state index in [2.05, 4.69) is 24.3 Å². The number of hydrogen-bond acceptors (Lipinski definition) is 3. The number of hydrogen-bond donors (Lipinski definition) is 3. The number of rotatable bonds is 6. The van der Waals surface area contributed by atoms with Crippen molar-refractivity contribution >= 4 is 5.84 Å².